The van der Waals surface area contributed by atoms with E-state index in [0.29, 0.717) is 29.6 Å². The Kier molecular flexibility index (Phi) is 6.51. The van der Waals surface area contributed by atoms with Gasteiger partial charge in [0.1, 0.15) is 12.4 Å². The summed E-state index contributed by atoms with van der Waals surface area (Å²) in [6.45, 7) is 1.97. The zero-order chi connectivity index (χ0) is 20.1. The van der Waals surface area contributed by atoms with Crippen LogP contribution in [0.5, 0.6) is 11.5 Å². The van der Waals surface area contributed by atoms with Gasteiger partial charge in [-0.05, 0) is 37.5 Å². The standard InChI is InChI=1S/C20H29N5O3/c1-13(21)20-23-18(11-14-8-9-16(27-2)17(10-14)28-3)24-25(20)12-19(26)22-15-6-4-5-7-15/h8-10,13,15H,4-7,11-12,21H2,1-3H3,(H,22,26). The highest BCUT2D eigenvalue weighted by atomic mass is 16.5. The molecule has 1 atom stereocenters. The lowest BCUT2D eigenvalue weighted by Gasteiger charge is -2.13. The summed E-state index contributed by atoms with van der Waals surface area (Å²) in [6.07, 6.45) is 4.96. The van der Waals surface area contributed by atoms with Crippen LogP contribution in [0.2, 0.25) is 0 Å². The molecule has 3 N–H and O–H groups in total. The molecule has 0 spiro atoms. The average molecular weight is 387 g/mol. The highest BCUT2D eigenvalue weighted by Crippen LogP contribution is 2.28. The predicted molar refractivity (Wildman–Crippen MR) is 105 cm³/mol. The van der Waals surface area contributed by atoms with Gasteiger partial charge in [-0.15, -0.1) is 0 Å². The van der Waals surface area contributed by atoms with Crippen molar-refractivity contribution in [1.29, 1.82) is 0 Å². The molecule has 1 aliphatic carbocycles. The van der Waals surface area contributed by atoms with Gasteiger partial charge in [-0.2, -0.15) is 5.10 Å². The Hall–Kier alpha value is -2.61. The molecule has 1 aromatic heterocycles. The van der Waals surface area contributed by atoms with Crippen LogP contribution in [0.25, 0.3) is 0 Å². The number of nitrogens with one attached hydrogen (secondary N) is 1. The Balaban J connectivity index is 1.73. The van der Waals surface area contributed by atoms with Crippen molar-refractivity contribution in [2.75, 3.05) is 14.2 Å². The van der Waals surface area contributed by atoms with Crippen molar-refractivity contribution in [2.45, 2.75) is 57.7 Å². The molecule has 152 valence electrons. The maximum absolute atomic E-state index is 12.4. The fraction of sp³-hybridized carbons (Fsp3) is 0.550. The van der Waals surface area contributed by atoms with E-state index >= 15 is 0 Å². The van der Waals surface area contributed by atoms with E-state index in [0.717, 1.165) is 18.4 Å². The maximum Gasteiger partial charge on any atom is 0.242 e. The minimum Gasteiger partial charge on any atom is -0.493 e. The van der Waals surface area contributed by atoms with E-state index in [1.165, 1.54) is 12.8 Å². The van der Waals surface area contributed by atoms with Crippen molar-refractivity contribution in [1.82, 2.24) is 20.1 Å². The third-order valence-electron chi connectivity index (χ3n) is 4.98. The predicted octanol–water partition coefficient (Wildman–Crippen LogP) is 1.96. The van der Waals surface area contributed by atoms with Gasteiger partial charge in [0.15, 0.2) is 17.3 Å². The maximum atomic E-state index is 12.4. The zero-order valence-corrected chi connectivity index (χ0v) is 16.8. The average Bonchev–Trinajstić information content (AvgIpc) is 3.31. The molecule has 3 rings (SSSR count). The number of carbonyl (C=O) groups is 1. The largest absolute Gasteiger partial charge is 0.493 e. The summed E-state index contributed by atoms with van der Waals surface area (Å²) in [5, 5.41) is 7.61. The third kappa shape index (κ3) is 4.81. The Morgan fingerprint density at radius 1 is 1.29 bits per heavy atom. The number of methoxy groups -OCH3 is 2. The second-order valence-corrected chi connectivity index (χ2v) is 7.25. The van der Waals surface area contributed by atoms with Crippen LogP contribution >= 0.6 is 0 Å². The summed E-state index contributed by atoms with van der Waals surface area (Å²) in [5.74, 6) is 2.51. The summed E-state index contributed by atoms with van der Waals surface area (Å²) in [6, 6.07) is 5.66. The molecule has 8 nitrogen and oxygen atoms in total. The minimum absolute atomic E-state index is 0.0450. The zero-order valence-electron chi connectivity index (χ0n) is 16.8. The normalized spacial score (nSPS) is 15.4. The molecule has 0 aliphatic heterocycles. The fourth-order valence-electron chi connectivity index (χ4n) is 3.58. The number of hydrogen-bond acceptors (Lipinski definition) is 6. The van der Waals surface area contributed by atoms with E-state index in [2.05, 4.69) is 15.4 Å². The number of ether oxygens (including phenoxy) is 2. The summed E-state index contributed by atoms with van der Waals surface area (Å²) < 4.78 is 12.2. The molecule has 1 fully saturated rings. The molecule has 0 saturated heterocycles. The highest BCUT2D eigenvalue weighted by molar-refractivity contribution is 5.76. The van der Waals surface area contributed by atoms with Crippen molar-refractivity contribution in [3.8, 4) is 11.5 Å². The molecule has 1 aliphatic rings. The van der Waals surface area contributed by atoms with Crippen LogP contribution in [-0.2, 0) is 17.8 Å². The molecule has 1 heterocycles. The van der Waals surface area contributed by atoms with E-state index < -0.39 is 0 Å². The number of carbonyl (C=O) groups excluding carboxylic acids is 1. The number of hydrogen-bond donors (Lipinski definition) is 2. The molecule has 0 bridgehead atoms. The molecule has 1 aromatic carbocycles. The molecule has 2 aromatic rings. The van der Waals surface area contributed by atoms with Gasteiger partial charge in [0.25, 0.3) is 0 Å². The van der Waals surface area contributed by atoms with E-state index in [4.69, 9.17) is 15.2 Å². The molecule has 0 radical (unpaired) electrons. The molecule has 1 amide bonds. The Labute approximate surface area is 165 Å². The van der Waals surface area contributed by atoms with Gasteiger partial charge in [-0.1, -0.05) is 18.9 Å². The Bertz CT molecular complexity index is 812. The van der Waals surface area contributed by atoms with E-state index in [1.54, 1.807) is 18.9 Å². The number of benzene rings is 1. The van der Waals surface area contributed by atoms with Crippen LogP contribution in [-0.4, -0.2) is 40.9 Å². The summed E-state index contributed by atoms with van der Waals surface area (Å²) >= 11 is 0. The lowest BCUT2D eigenvalue weighted by Crippen LogP contribution is -2.36. The molecule has 1 saturated carbocycles. The van der Waals surface area contributed by atoms with Gasteiger partial charge < -0.3 is 20.5 Å². The number of rotatable bonds is 8. The minimum atomic E-state index is -0.314. The fourth-order valence-corrected chi connectivity index (χ4v) is 3.58. The molecular formula is C20H29N5O3. The van der Waals surface area contributed by atoms with Crippen molar-refractivity contribution in [3.05, 3.63) is 35.4 Å². The molecule has 28 heavy (non-hydrogen) atoms. The SMILES string of the molecule is COc1ccc(Cc2nc(C(C)N)n(CC(=O)NC3CCCC3)n2)cc1OC. The summed E-state index contributed by atoms with van der Waals surface area (Å²) in [4.78, 5) is 17.0. The Morgan fingerprint density at radius 3 is 2.64 bits per heavy atom. The lowest BCUT2D eigenvalue weighted by molar-refractivity contribution is -0.122. The smallest absolute Gasteiger partial charge is 0.242 e. The van der Waals surface area contributed by atoms with Crippen LogP contribution < -0.4 is 20.5 Å². The quantitative estimate of drug-likeness (QED) is 0.718. The third-order valence-corrected chi connectivity index (χ3v) is 4.98. The van der Waals surface area contributed by atoms with Gasteiger partial charge in [-0.3, -0.25) is 4.79 Å². The van der Waals surface area contributed by atoms with Gasteiger partial charge >= 0.3 is 0 Å². The number of nitrogens with zero attached hydrogens (tertiary/aromatic N) is 3. The summed E-state index contributed by atoms with van der Waals surface area (Å²) in [7, 11) is 3.21. The molecule has 8 heteroatoms. The van der Waals surface area contributed by atoms with Gasteiger partial charge in [0, 0.05) is 12.5 Å². The van der Waals surface area contributed by atoms with Gasteiger partial charge in [-0.25, -0.2) is 9.67 Å². The van der Waals surface area contributed by atoms with Crippen molar-refractivity contribution in [2.24, 2.45) is 5.73 Å². The van der Waals surface area contributed by atoms with Gasteiger partial charge in [0.2, 0.25) is 5.91 Å². The van der Waals surface area contributed by atoms with Crippen LogP contribution in [0.3, 0.4) is 0 Å². The highest BCUT2D eigenvalue weighted by Gasteiger charge is 2.20. The first kappa shape index (κ1) is 20.1. The second kappa shape index (κ2) is 9.05. The molecule has 1 unspecified atom stereocenters. The van der Waals surface area contributed by atoms with E-state index in [9.17, 15) is 4.79 Å². The van der Waals surface area contributed by atoms with Crippen molar-refractivity contribution >= 4 is 5.91 Å². The second-order valence-electron chi connectivity index (χ2n) is 7.25. The Morgan fingerprint density at radius 2 is 2.00 bits per heavy atom. The first-order chi connectivity index (χ1) is 13.5. The van der Waals surface area contributed by atoms with E-state index in [1.807, 2.05) is 25.1 Å². The van der Waals surface area contributed by atoms with Crippen LogP contribution in [0.15, 0.2) is 18.2 Å². The number of amides is 1. The lowest BCUT2D eigenvalue weighted by atomic mass is 10.1. The van der Waals surface area contributed by atoms with Crippen molar-refractivity contribution in [3.63, 3.8) is 0 Å². The topological polar surface area (TPSA) is 104 Å². The number of nitrogens with two attached hydrogens (primary N) is 1. The van der Waals surface area contributed by atoms with Crippen LogP contribution in [0.1, 0.15) is 55.9 Å². The van der Waals surface area contributed by atoms with Crippen LogP contribution in [0.4, 0.5) is 0 Å². The molecular weight excluding hydrogens is 358 g/mol. The first-order valence-electron chi connectivity index (χ1n) is 9.69. The monoisotopic (exact) mass is 387 g/mol. The first-order valence-corrected chi connectivity index (χ1v) is 9.69. The van der Waals surface area contributed by atoms with Crippen LogP contribution in [0, 0.1) is 0 Å². The summed E-state index contributed by atoms with van der Waals surface area (Å²) in [5.41, 5.74) is 7.04. The van der Waals surface area contributed by atoms with Crippen molar-refractivity contribution < 1.29 is 14.3 Å². The van der Waals surface area contributed by atoms with Gasteiger partial charge in [0.05, 0.1) is 20.3 Å². The number of aromatic nitrogens is 3. The van der Waals surface area contributed by atoms with E-state index in [-0.39, 0.29) is 24.5 Å².